The molecule has 1 aromatic heterocycles. The van der Waals surface area contributed by atoms with Crippen molar-refractivity contribution >= 4 is 12.4 Å². The van der Waals surface area contributed by atoms with E-state index in [0.717, 1.165) is 23.2 Å². The molecule has 2 aromatic carbocycles. The average molecular weight is 313 g/mol. The first-order chi connectivity index (χ1) is 11.8. The number of hydrogen-bond donors (Lipinski definition) is 0. The number of ether oxygens (including phenoxy) is 1. The Kier molecular flexibility index (Phi) is 3.67. The standard InChI is InChI=1S/C21H15NO2/c23-14-15-8-10-16(11-9-15)21-18-6-2-1-5-17(18)13-19(21)24-20-7-3-4-12-22-20/h1-14,21H. The molecule has 0 radical (unpaired) electrons. The second-order valence-corrected chi connectivity index (χ2v) is 5.66. The molecule has 1 heterocycles. The number of hydrogen-bond acceptors (Lipinski definition) is 3. The number of aromatic nitrogens is 1. The summed E-state index contributed by atoms with van der Waals surface area (Å²) in [6.07, 6.45) is 4.63. The van der Waals surface area contributed by atoms with Crippen LogP contribution in [0, 0.1) is 0 Å². The van der Waals surface area contributed by atoms with Crippen LogP contribution in [0.1, 0.15) is 33.0 Å². The van der Waals surface area contributed by atoms with E-state index in [1.165, 1.54) is 5.56 Å². The van der Waals surface area contributed by atoms with Gasteiger partial charge in [-0.1, -0.05) is 54.6 Å². The second-order valence-electron chi connectivity index (χ2n) is 5.66. The van der Waals surface area contributed by atoms with Crippen molar-refractivity contribution in [3.05, 3.63) is 101 Å². The number of carbonyl (C=O) groups excluding carboxylic acids is 1. The third-order valence-electron chi connectivity index (χ3n) is 4.16. The van der Waals surface area contributed by atoms with Crippen molar-refractivity contribution in [2.75, 3.05) is 0 Å². The Hall–Kier alpha value is -3.20. The normalized spacial score (nSPS) is 15.5. The molecule has 0 aliphatic heterocycles. The molecule has 1 aliphatic carbocycles. The monoisotopic (exact) mass is 313 g/mol. The van der Waals surface area contributed by atoms with E-state index in [9.17, 15) is 4.79 Å². The molecule has 1 aliphatic rings. The summed E-state index contributed by atoms with van der Waals surface area (Å²) in [7, 11) is 0. The molecule has 0 N–H and O–H groups in total. The predicted octanol–water partition coefficient (Wildman–Crippen LogP) is 4.46. The molecule has 3 aromatic rings. The van der Waals surface area contributed by atoms with Crippen LogP contribution in [-0.4, -0.2) is 11.3 Å². The summed E-state index contributed by atoms with van der Waals surface area (Å²) in [5.74, 6) is 1.42. The highest BCUT2D eigenvalue weighted by molar-refractivity contribution is 5.75. The van der Waals surface area contributed by atoms with E-state index in [2.05, 4.69) is 23.2 Å². The minimum atomic E-state index is 0.00362. The van der Waals surface area contributed by atoms with E-state index < -0.39 is 0 Å². The number of aldehydes is 1. The van der Waals surface area contributed by atoms with Gasteiger partial charge in [0.15, 0.2) is 0 Å². The fraction of sp³-hybridized carbons (Fsp3) is 0.0476. The summed E-state index contributed by atoms with van der Waals surface area (Å²) in [6, 6.07) is 21.5. The van der Waals surface area contributed by atoms with Crippen LogP contribution < -0.4 is 4.74 Å². The zero-order chi connectivity index (χ0) is 16.4. The van der Waals surface area contributed by atoms with Crippen molar-refractivity contribution in [3.8, 4) is 5.88 Å². The zero-order valence-electron chi connectivity index (χ0n) is 12.9. The molecule has 0 saturated heterocycles. The van der Waals surface area contributed by atoms with Crippen LogP contribution in [0.2, 0.25) is 0 Å². The van der Waals surface area contributed by atoms with Gasteiger partial charge in [-0.25, -0.2) is 4.98 Å². The second kappa shape index (κ2) is 6.13. The average Bonchev–Trinajstić information content (AvgIpc) is 3.00. The maximum absolute atomic E-state index is 10.9. The van der Waals surface area contributed by atoms with Gasteiger partial charge in [-0.3, -0.25) is 4.79 Å². The third-order valence-corrected chi connectivity index (χ3v) is 4.16. The van der Waals surface area contributed by atoms with Crippen molar-refractivity contribution in [2.45, 2.75) is 5.92 Å². The van der Waals surface area contributed by atoms with Gasteiger partial charge in [0.2, 0.25) is 5.88 Å². The molecule has 0 saturated carbocycles. The molecule has 24 heavy (non-hydrogen) atoms. The highest BCUT2D eigenvalue weighted by Gasteiger charge is 2.28. The molecule has 0 spiro atoms. The van der Waals surface area contributed by atoms with Crippen molar-refractivity contribution in [1.29, 1.82) is 0 Å². The van der Waals surface area contributed by atoms with Gasteiger partial charge < -0.3 is 4.74 Å². The maximum atomic E-state index is 10.9. The summed E-state index contributed by atoms with van der Waals surface area (Å²) in [5, 5.41) is 0. The van der Waals surface area contributed by atoms with Gasteiger partial charge in [0, 0.05) is 17.8 Å². The minimum Gasteiger partial charge on any atom is -0.442 e. The number of pyridine rings is 1. The third kappa shape index (κ3) is 2.61. The predicted molar refractivity (Wildman–Crippen MR) is 93.0 cm³/mol. The van der Waals surface area contributed by atoms with E-state index in [0.29, 0.717) is 11.4 Å². The lowest BCUT2D eigenvalue weighted by atomic mass is 9.91. The largest absolute Gasteiger partial charge is 0.442 e. The lowest BCUT2D eigenvalue weighted by molar-refractivity contribution is 0.112. The van der Waals surface area contributed by atoms with Gasteiger partial charge in [0.1, 0.15) is 12.0 Å². The summed E-state index contributed by atoms with van der Waals surface area (Å²) >= 11 is 0. The number of allylic oxidation sites excluding steroid dienone is 1. The topological polar surface area (TPSA) is 39.2 Å². The number of carbonyl (C=O) groups is 1. The Bertz CT molecular complexity index is 899. The van der Waals surface area contributed by atoms with Crippen LogP contribution in [0.3, 0.4) is 0 Å². The fourth-order valence-electron chi connectivity index (χ4n) is 3.02. The Balaban J connectivity index is 1.75. The number of benzene rings is 2. The molecule has 0 amide bonds. The highest BCUT2D eigenvalue weighted by Crippen LogP contribution is 2.41. The van der Waals surface area contributed by atoms with Gasteiger partial charge in [-0.15, -0.1) is 0 Å². The van der Waals surface area contributed by atoms with Crippen molar-refractivity contribution < 1.29 is 9.53 Å². The zero-order valence-corrected chi connectivity index (χ0v) is 12.9. The molecular formula is C21H15NO2. The summed E-state index contributed by atoms with van der Waals surface area (Å²) in [5.41, 5.74) is 4.10. The smallest absolute Gasteiger partial charge is 0.218 e. The van der Waals surface area contributed by atoms with Gasteiger partial charge in [-0.05, 0) is 28.8 Å². The minimum absolute atomic E-state index is 0.00362. The maximum Gasteiger partial charge on any atom is 0.218 e. The van der Waals surface area contributed by atoms with E-state index in [4.69, 9.17) is 4.74 Å². The Morgan fingerprint density at radius 3 is 2.46 bits per heavy atom. The van der Waals surface area contributed by atoms with E-state index >= 15 is 0 Å². The summed E-state index contributed by atoms with van der Waals surface area (Å²) in [4.78, 5) is 15.1. The summed E-state index contributed by atoms with van der Waals surface area (Å²) in [6.45, 7) is 0. The first-order valence-corrected chi connectivity index (χ1v) is 7.80. The van der Waals surface area contributed by atoms with Crippen LogP contribution in [0.5, 0.6) is 5.88 Å². The quantitative estimate of drug-likeness (QED) is 0.668. The molecular weight excluding hydrogens is 298 g/mol. The van der Waals surface area contributed by atoms with Gasteiger partial charge in [-0.2, -0.15) is 0 Å². The van der Waals surface area contributed by atoms with E-state index in [1.807, 2.05) is 54.6 Å². The molecule has 116 valence electrons. The van der Waals surface area contributed by atoms with Gasteiger partial charge in [0.25, 0.3) is 0 Å². The molecule has 1 atom stereocenters. The number of fused-ring (bicyclic) bond motifs is 1. The van der Waals surface area contributed by atoms with Crippen LogP contribution in [-0.2, 0) is 0 Å². The first kappa shape index (κ1) is 14.4. The SMILES string of the molecule is O=Cc1ccc(C2C(Oc3ccccn3)=Cc3ccccc32)cc1. The molecule has 3 nitrogen and oxygen atoms in total. The van der Waals surface area contributed by atoms with Crippen molar-refractivity contribution in [1.82, 2.24) is 4.98 Å². The Labute approximate surface area is 140 Å². The van der Waals surface area contributed by atoms with E-state index in [-0.39, 0.29) is 5.92 Å². The molecule has 0 fully saturated rings. The molecule has 3 heteroatoms. The lowest BCUT2D eigenvalue weighted by Gasteiger charge is -2.17. The van der Waals surface area contributed by atoms with Crippen LogP contribution in [0.4, 0.5) is 0 Å². The molecule has 4 rings (SSSR count). The lowest BCUT2D eigenvalue weighted by Crippen LogP contribution is -2.07. The number of nitrogens with zero attached hydrogens (tertiary/aromatic N) is 1. The molecule has 0 bridgehead atoms. The van der Waals surface area contributed by atoms with Crippen LogP contribution in [0.25, 0.3) is 6.08 Å². The summed E-state index contributed by atoms with van der Waals surface area (Å²) < 4.78 is 6.06. The molecule has 1 unspecified atom stereocenters. The van der Waals surface area contributed by atoms with Crippen molar-refractivity contribution in [3.63, 3.8) is 0 Å². The van der Waals surface area contributed by atoms with Gasteiger partial charge >= 0.3 is 0 Å². The Morgan fingerprint density at radius 2 is 1.71 bits per heavy atom. The van der Waals surface area contributed by atoms with Crippen LogP contribution in [0.15, 0.2) is 78.7 Å². The first-order valence-electron chi connectivity index (χ1n) is 7.80. The van der Waals surface area contributed by atoms with Crippen LogP contribution >= 0.6 is 0 Å². The van der Waals surface area contributed by atoms with E-state index in [1.54, 1.807) is 6.20 Å². The Morgan fingerprint density at radius 1 is 0.917 bits per heavy atom. The fourth-order valence-corrected chi connectivity index (χ4v) is 3.02. The highest BCUT2D eigenvalue weighted by atomic mass is 16.5. The van der Waals surface area contributed by atoms with Crippen molar-refractivity contribution in [2.24, 2.45) is 0 Å². The number of rotatable bonds is 4. The van der Waals surface area contributed by atoms with Gasteiger partial charge in [0.05, 0.1) is 5.92 Å².